The zero-order valence-corrected chi connectivity index (χ0v) is 10.6. The van der Waals surface area contributed by atoms with Gasteiger partial charge < -0.3 is 15.0 Å². The van der Waals surface area contributed by atoms with Gasteiger partial charge in [0.15, 0.2) is 0 Å². The van der Waals surface area contributed by atoms with Crippen LogP contribution >= 0.6 is 0 Å². The van der Waals surface area contributed by atoms with Crippen LogP contribution in [-0.2, 0) is 0 Å². The number of alkyl halides is 2. The van der Waals surface area contributed by atoms with Crippen LogP contribution in [0.25, 0.3) is 0 Å². The second-order valence-corrected chi connectivity index (χ2v) is 4.45. The summed E-state index contributed by atoms with van der Waals surface area (Å²) in [4.78, 5) is 14.0. The van der Waals surface area contributed by atoms with Crippen LogP contribution in [-0.4, -0.2) is 43.1 Å². The molecule has 4 nitrogen and oxygen atoms in total. The third-order valence-electron chi connectivity index (χ3n) is 3.09. The molecule has 1 fully saturated rings. The number of nitrogens with one attached hydrogen (secondary N) is 1. The molecule has 1 aromatic carbocycles. The van der Waals surface area contributed by atoms with Crippen LogP contribution in [0.2, 0.25) is 0 Å². The van der Waals surface area contributed by atoms with E-state index in [2.05, 4.69) is 10.1 Å². The molecule has 0 spiro atoms. The predicted molar refractivity (Wildman–Crippen MR) is 66.4 cm³/mol. The summed E-state index contributed by atoms with van der Waals surface area (Å²) in [5.41, 5.74) is 0.482. The second kappa shape index (κ2) is 5.97. The number of halogens is 2. The number of carbonyl (C=O) groups is 1. The summed E-state index contributed by atoms with van der Waals surface area (Å²) in [6.07, 6.45) is 0. The number of amides is 1. The van der Waals surface area contributed by atoms with Gasteiger partial charge in [-0.1, -0.05) is 0 Å². The van der Waals surface area contributed by atoms with E-state index in [1.807, 2.05) is 6.92 Å². The third kappa shape index (κ3) is 3.41. The molecule has 1 N–H and O–H groups in total. The van der Waals surface area contributed by atoms with Gasteiger partial charge in [-0.05, 0) is 31.2 Å². The van der Waals surface area contributed by atoms with Gasteiger partial charge in [-0.15, -0.1) is 0 Å². The van der Waals surface area contributed by atoms with E-state index < -0.39 is 6.61 Å². The quantitative estimate of drug-likeness (QED) is 0.909. The van der Waals surface area contributed by atoms with Crippen LogP contribution in [0, 0.1) is 0 Å². The molecule has 6 heteroatoms. The Morgan fingerprint density at radius 1 is 1.42 bits per heavy atom. The van der Waals surface area contributed by atoms with E-state index in [0.29, 0.717) is 12.1 Å². The molecular formula is C13H16F2N2O2. The molecule has 104 valence electrons. The summed E-state index contributed by atoms with van der Waals surface area (Å²) >= 11 is 0. The van der Waals surface area contributed by atoms with E-state index in [4.69, 9.17) is 0 Å². The number of nitrogens with zero attached hydrogens (tertiary/aromatic N) is 1. The average molecular weight is 270 g/mol. The Morgan fingerprint density at radius 2 is 2.11 bits per heavy atom. The van der Waals surface area contributed by atoms with Gasteiger partial charge in [0.1, 0.15) is 5.75 Å². The fourth-order valence-corrected chi connectivity index (χ4v) is 2.09. The lowest BCUT2D eigenvalue weighted by Crippen LogP contribution is -2.52. The Kier molecular flexibility index (Phi) is 4.31. The van der Waals surface area contributed by atoms with Crippen LogP contribution in [0.3, 0.4) is 0 Å². The van der Waals surface area contributed by atoms with Crippen molar-refractivity contribution in [1.82, 2.24) is 10.2 Å². The topological polar surface area (TPSA) is 41.6 Å². The minimum absolute atomic E-state index is 0.0555. The number of ether oxygens (including phenoxy) is 1. The monoisotopic (exact) mass is 270 g/mol. The molecule has 0 aromatic heterocycles. The van der Waals surface area contributed by atoms with Gasteiger partial charge in [0.05, 0.1) is 0 Å². The molecule has 1 aromatic rings. The highest BCUT2D eigenvalue weighted by atomic mass is 19.3. The number of benzene rings is 1. The van der Waals surface area contributed by atoms with E-state index in [1.54, 1.807) is 4.90 Å². The minimum atomic E-state index is -2.85. The van der Waals surface area contributed by atoms with Crippen molar-refractivity contribution in [3.05, 3.63) is 29.8 Å². The van der Waals surface area contributed by atoms with E-state index >= 15 is 0 Å². The largest absolute Gasteiger partial charge is 0.435 e. The van der Waals surface area contributed by atoms with Crippen molar-refractivity contribution in [3.63, 3.8) is 0 Å². The lowest BCUT2D eigenvalue weighted by molar-refractivity contribution is -0.0498. The average Bonchev–Trinajstić information content (AvgIpc) is 2.39. The van der Waals surface area contributed by atoms with E-state index in [0.717, 1.165) is 13.1 Å². The van der Waals surface area contributed by atoms with Crippen LogP contribution in [0.1, 0.15) is 17.3 Å². The molecule has 1 aliphatic rings. The summed E-state index contributed by atoms with van der Waals surface area (Å²) in [5.74, 6) is -0.0301. The smallest absolute Gasteiger partial charge is 0.387 e. The lowest BCUT2D eigenvalue weighted by Gasteiger charge is -2.34. The molecule has 1 heterocycles. The van der Waals surface area contributed by atoms with Crippen LogP contribution in [0.5, 0.6) is 5.75 Å². The van der Waals surface area contributed by atoms with Crippen LogP contribution in [0.15, 0.2) is 24.3 Å². The number of hydrogen-bond acceptors (Lipinski definition) is 3. The Balaban J connectivity index is 2.06. The van der Waals surface area contributed by atoms with Gasteiger partial charge in [-0.3, -0.25) is 4.79 Å². The first-order chi connectivity index (χ1) is 9.08. The highest BCUT2D eigenvalue weighted by molar-refractivity contribution is 5.94. The van der Waals surface area contributed by atoms with Crippen molar-refractivity contribution in [2.75, 3.05) is 19.6 Å². The summed E-state index contributed by atoms with van der Waals surface area (Å²) in [5, 5.41) is 3.20. The Labute approximate surface area is 110 Å². The van der Waals surface area contributed by atoms with Crippen molar-refractivity contribution >= 4 is 5.91 Å². The van der Waals surface area contributed by atoms with Gasteiger partial charge in [0.2, 0.25) is 0 Å². The summed E-state index contributed by atoms with van der Waals surface area (Å²) in [6, 6.07) is 5.90. The maximum Gasteiger partial charge on any atom is 0.387 e. The standard InChI is InChI=1S/C13H16F2N2O2/c1-9-8-16-6-7-17(9)12(18)10-2-4-11(5-3-10)19-13(14)15/h2-5,9,13,16H,6-8H2,1H3/t9-/m0/s1. The molecule has 0 radical (unpaired) electrons. The van der Waals surface area contributed by atoms with Gasteiger partial charge in [-0.25, -0.2) is 0 Å². The molecule has 0 unspecified atom stereocenters. The highest BCUT2D eigenvalue weighted by Gasteiger charge is 2.23. The van der Waals surface area contributed by atoms with Crippen molar-refractivity contribution in [2.45, 2.75) is 19.6 Å². The summed E-state index contributed by atoms with van der Waals surface area (Å²) in [7, 11) is 0. The molecule has 0 bridgehead atoms. The van der Waals surface area contributed by atoms with Crippen molar-refractivity contribution in [3.8, 4) is 5.75 Å². The Bertz CT molecular complexity index is 437. The molecule has 0 saturated carbocycles. The fourth-order valence-electron chi connectivity index (χ4n) is 2.09. The van der Waals surface area contributed by atoms with Crippen molar-refractivity contribution in [2.24, 2.45) is 0 Å². The number of piperazine rings is 1. The number of rotatable bonds is 3. The molecule has 19 heavy (non-hydrogen) atoms. The zero-order valence-electron chi connectivity index (χ0n) is 10.6. The highest BCUT2D eigenvalue weighted by Crippen LogP contribution is 2.17. The SMILES string of the molecule is C[C@H]1CNCCN1C(=O)c1ccc(OC(F)F)cc1. The molecule has 2 rings (SSSR count). The van der Waals surface area contributed by atoms with Crippen molar-refractivity contribution < 1.29 is 18.3 Å². The van der Waals surface area contributed by atoms with Gasteiger partial charge in [0, 0.05) is 31.2 Å². The molecule has 1 saturated heterocycles. The maximum atomic E-state index is 12.3. The van der Waals surface area contributed by atoms with Crippen LogP contribution < -0.4 is 10.1 Å². The Morgan fingerprint density at radius 3 is 2.68 bits per heavy atom. The normalized spacial score (nSPS) is 19.6. The molecular weight excluding hydrogens is 254 g/mol. The van der Waals surface area contributed by atoms with Gasteiger partial charge >= 0.3 is 6.61 Å². The molecule has 1 aliphatic heterocycles. The summed E-state index contributed by atoms with van der Waals surface area (Å²) in [6.45, 7) is 1.30. The maximum absolute atomic E-state index is 12.3. The first-order valence-electron chi connectivity index (χ1n) is 6.14. The predicted octanol–water partition coefficient (Wildman–Crippen LogP) is 1.72. The van der Waals surface area contributed by atoms with Crippen molar-refractivity contribution in [1.29, 1.82) is 0 Å². The molecule has 1 atom stereocenters. The minimum Gasteiger partial charge on any atom is -0.435 e. The van der Waals surface area contributed by atoms with Crippen LogP contribution in [0.4, 0.5) is 8.78 Å². The Hall–Kier alpha value is -1.69. The lowest BCUT2D eigenvalue weighted by atomic mass is 10.1. The van der Waals surface area contributed by atoms with Gasteiger partial charge in [-0.2, -0.15) is 8.78 Å². The number of hydrogen-bond donors (Lipinski definition) is 1. The number of carbonyl (C=O) groups excluding carboxylic acids is 1. The van der Waals surface area contributed by atoms with E-state index in [9.17, 15) is 13.6 Å². The zero-order chi connectivity index (χ0) is 13.8. The second-order valence-electron chi connectivity index (χ2n) is 4.45. The fraction of sp³-hybridized carbons (Fsp3) is 0.462. The van der Waals surface area contributed by atoms with Gasteiger partial charge in [0.25, 0.3) is 5.91 Å². The molecule has 0 aliphatic carbocycles. The van der Waals surface area contributed by atoms with E-state index in [1.165, 1.54) is 24.3 Å². The van der Waals surface area contributed by atoms with E-state index in [-0.39, 0.29) is 17.7 Å². The first-order valence-corrected chi connectivity index (χ1v) is 6.14. The molecule has 1 amide bonds. The first kappa shape index (κ1) is 13.7. The summed E-state index contributed by atoms with van der Waals surface area (Å²) < 4.78 is 28.3. The third-order valence-corrected chi connectivity index (χ3v) is 3.09.